The number of nitrogens with one attached hydrogen (secondary N) is 1. The first-order valence-corrected chi connectivity index (χ1v) is 11.9. The first kappa shape index (κ1) is 23.4. The second-order valence-electron chi connectivity index (χ2n) is 9.40. The molecular formula is C26H34N4O3. The highest BCUT2D eigenvalue weighted by Gasteiger charge is 2.29. The number of morpholine rings is 1. The lowest BCUT2D eigenvalue weighted by atomic mass is 9.94. The molecule has 2 amide bonds. The van der Waals surface area contributed by atoms with E-state index in [0.29, 0.717) is 22.7 Å². The summed E-state index contributed by atoms with van der Waals surface area (Å²) in [5, 5.41) is 2.95. The number of pyridine rings is 1. The van der Waals surface area contributed by atoms with E-state index in [2.05, 4.69) is 29.0 Å². The number of piperidine rings is 1. The second kappa shape index (κ2) is 10.4. The van der Waals surface area contributed by atoms with Crippen LogP contribution >= 0.6 is 0 Å². The summed E-state index contributed by atoms with van der Waals surface area (Å²) in [7, 11) is 0. The molecule has 176 valence electrons. The Kier molecular flexibility index (Phi) is 7.40. The number of rotatable bonds is 5. The number of aryl methyl sites for hydroxylation is 1. The Balaban J connectivity index is 1.39. The third-order valence-electron chi connectivity index (χ3n) is 6.60. The van der Waals surface area contributed by atoms with E-state index in [1.807, 2.05) is 24.0 Å². The molecule has 33 heavy (non-hydrogen) atoms. The van der Waals surface area contributed by atoms with Crippen LogP contribution in [0.25, 0.3) is 0 Å². The fourth-order valence-electron chi connectivity index (χ4n) is 4.99. The highest BCUT2D eigenvalue weighted by molar-refractivity contribution is 6.09. The van der Waals surface area contributed by atoms with Gasteiger partial charge in [-0.25, -0.2) is 0 Å². The molecule has 2 unspecified atom stereocenters. The van der Waals surface area contributed by atoms with E-state index < -0.39 is 0 Å². The molecule has 0 aliphatic carbocycles. The number of hydrogen-bond donors (Lipinski definition) is 1. The number of likely N-dealkylation sites (tertiary alicyclic amines) is 1. The van der Waals surface area contributed by atoms with E-state index in [1.165, 1.54) is 0 Å². The van der Waals surface area contributed by atoms with Crippen molar-refractivity contribution in [2.24, 2.45) is 5.92 Å². The molecule has 2 aromatic rings. The zero-order valence-corrected chi connectivity index (χ0v) is 19.8. The van der Waals surface area contributed by atoms with Crippen LogP contribution in [-0.2, 0) is 4.74 Å². The number of benzene rings is 1. The predicted molar refractivity (Wildman–Crippen MR) is 128 cm³/mol. The van der Waals surface area contributed by atoms with Crippen molar-refractivity contribution in [2.75, 3.05) is 38.0 Å². The number of amides is 2. The van der Waals surface area contributed by atoms with Gasteiger partial charge in [-0.3, -0.25) is 19.5 Å². The average Bonchev–Trinajstić information content (AvgIpc) is 2.80. The minimum absolute atomic E-state index is 0.0178. The molecule has 7 heteroatoms. The van der Waals surface area contributed by atoms with Gasteiger partial charge in [-0.1, -0.05) is 12.1 Å². The molecule has 0 radical (unpaired) electrons. The smallest absolute Gasteiger partial charge is 0.255 e. The molecule has 4 rings (SSSR count). The van der Waals surface area contributed by atoms with Crippen LogP contribution in [0.3, 0.4) is 0 Å². The van der Waals surface area contributed by atoms with Gasteiger partial charge in [0.15, 0.2) is 0 Å². The molecule has 7 nitrogen and oxygen atoms in total. The van der Waals surface area contributed by atoms with Gasteiger partial charge in [0.25, 0.3) is 11.8 Å². The van der Waals surface area contributed by atoms with E-state index in [9.17, 15) is 9.59 Å². The maximum absolute atomic E-state index is 13.4. The van der Waals surface area contributed by atoms with Gasteiger partial charge >= 0.3 is 0 Å². The molecule has 1 N–H and O–H groups in total. The maximum atomic E-state index is 13.4. The minimum Gasteiger partial charge on any atom is -0.373 e. The fourth-order valence-corrected chi connectivity index (χ4v) is 4.99. The lowest BCUT2D eigenvalue weighted by Crippen LogP contribution is -2.48. The van der Waals surface area contributed by atoms with E-state index in [-0.39, 0.29) is 24.0 Å². The number of carbonyl (C=O) groups excluding carboxylic acids is 2. The van der Waals surface area contributed by atoms with Crippen molar-refractivity contribution >= 4 is 17.5 Å². The minimum atomic E-state index is -0.242. The van der Waals surface area contributed by atoms with Crippen LogP contribution in [0, 0.1) is 12.8 Å². The molecule has 1 aromatic carbocycles. The van der Waals surface area contributed by atoms with Crippen LogP contribution in [0.1, 0.15) is 53.0 Å². The Hall–Kier alpha value is -2.77. The molecule has 0 bridgehead atoms. The van der Waals surface area contributed by atoms with Crippen molar-refractivity contribution in [3.8, 4) is 0 Å². The zero-order valence-electron chi connectivity index (χ0n) is 19.8. The lowest BCUT2D eigenvalue weighted by molar-refractivity contribution is -0.0728. The van der Waals surface area contributed by atoms with Crippen molar-refractivity contribution in [3.05, 3.63) is 59.4 Å². The van der Waals surface area contributed by atoms with Crippen LogP contribution in [0.4, 0.5) is 5.69 Å². The predicted octanol–water partition coefficient (Wildman–Crippen LogP) is 3.60. The quantitative estimate of drug-likeness (QED) is 0.753. The number of anilines is 1. The molecule has 2 saturated heterocycles. The Labute approximate surface area is 196 Å². The SMILES string of the molecule is Cc1cccc(C(=O)N2CCC(CN3CC(C)OC(C)C3)CC2)c1NC(=O)c1ccncc1. The summed E-state index contributed by atoms with van der Waals surface area (Å²) in [6, 6.07) is 8.92. The summed E-state index contributed by atoms with van der Waals surface area (Å²) in [6.07, 6.45) is 5.71. The Morgan fingerprint density at radius 2 is 1.73 bits per heavy atom. The maximum Gasteiger partial charge on any atom is 0.255 e. The summed E-state index contributed by atoms with van der Waals surface area (Å²) < 4.78 is 5.85. The number of para-hydroxylation sites is 1. The Morgan fingerprint density at radius 3 is 2.39 bits per heavy atom. The van der Waals surface area contributed by atoms with E-state index in [1.54, 1.807) is 30.6 Å². The van der Waals surface area contributed by atoms with Crippen molar-refractivity contribution in [2.45, 2.75) is 45.8 Å². The molecule has 2 atom stereocenters. The van der Waals surface area contributed by atoms with Crippen LogP contribution in [0.15, 0.2) is 42.7 Å². The Morgan fingerprint density at radius 1 is 1.06 bits per heavy atom. The van der Waals surface area contributed by atoms with Crippen molar-refractivity contribution < 1.29 is 14.3 Å². The standard InChI is InChI=1S/C26H34N4O3/c1-18-5-4-6-23(24(18)28-25(31)22-7-11-27-12-8-22)26(32)30-13-9-21(10-14-30)17-29-15-19(2)33-20(3)16-29/h4-8,11-12,19-21H,9-10,13-17H2,1-3H3,(H,28,31). The summed E-state index contributed by atoms with van der Waals surface area (Å²) in [6.45, 7) is 10.7. The van der Waals surface area contributed by atoms with E-state index in [0.717, 1.165) is 51.1 Å². The average molecular weight is 451 g/mol. The number of aromatic nitrogens is 1. The van der Waals surface area contributed by atoms with Crippen LogP contribution in [0.5, 0.6) is 0 Å². The number of nitrogens with zero attached hydrogens (tertiary/aromatic N) is 3. The number of hydrogen-bond acceptors (Lipinski definition) is 5. The molecule has 2 aliphatic heterocycles. The third kappa shape index (κ3) is 5.78. The molecule has 1 aromatic heterocycles. The van der Waals surface area contributed by atoms with Gasteiger partial charge in [0.05, 0.1) is 23.5 Å². The third-order valence-corrected chi connectivity index (χ3v) is 6.60. The summed E-state index contributed by atoms with van der Waals surface area (Å²) in [5.41, 5.74) is 2.52. The largest absolute Gasteiger partial charge is 0.373 e. The Bertz CT molecular complexity index is 963. The van der Waals surface area contributed by atoms with Crippen molar-refractivity contribution in [1.29, 1.82) is 0 Å². The first-order chi connectivity index (χ1) is 15.9. The highest BCUT2D eigenvalue weighted by Crippen LogP contribution is 2.26. The lowest BCUT2D eigenvalue weighted by Gasteiger charge is -2.39. The van der Waals surface area contributed by atoms with Crippen LogP contribution in [-0.4, -0.2) is 71.5 Å². The van der Waals surface area contributed by atoms with Crippen LogP contribution in [0.2, 0.25) is 0 Å². The number of ether oxygens (including phenoxy) is 1. The van der Waals surface area contributed by atoms with E-state index in [4.69, 9.17) is 4.74 Å². The highest BCUT2D eigenvalue weighted by atomic mass is 16.5. The normalized spacial score (nSPS) is 22.2. The zero-order chi connectivity index (χ0) is 23.4. The molecular weight excluding hydrogens is 416 g/mol. The van der Waals surface area contributed by atoms with Gasteiger partial charge < -0.3 is 15.0 Å². The summed E-state index contributed by atoms with van der Waals surface area (Å²) in [5.74, 6) is 0.333. The molecule has 0 saturated carbocycles. The molecule has 0 spiro atoms. The van der Waals surface area contributed by atoms with Gasteiger partial charge in [0.2, 0.25) is 0 Å². The van der Waals surface area contributed by atoms with Gasteiger partial charge in [0, 0.05) is 50.7 Å². The molecule has 2 aliphatic rings. The second-order valence-corrected chi connectivity index (χ2v) is 9.40. The molecule has 3 heterocycles. The first-order valence-electron chi connectivity index (χ1n) is 11.9. The van der Waals surface area contributed by atoms with Gasteiger partial charge in [-0.05, 0) is 63.3 Å². The van der Waals surface area contributed by atoms with Crippen molar-refractivity contribution in [1.82, 2.24) is 14.8 Å². The summed E-state index contributed by atoms with van der Waals surface area (Å²) in [4.78, 5) is 34.5. The fraction of sp³-hybridized carbons (Fsp3) is 0.500. The van der Waals surface area contributed by atoms with E-state index >= 15 is 0 Å². The molecule has 2 fully saturated rings. The van der Waals surface area contributed by atoms with Gasteiger partial charge in [-0.2, -0.15) is 0 Å². The number of carbonyl (C=O) groups is 2. The summed E-state index contributed by atoms with van der Waals surface area (Å²) >= 11 is 0. The van der Waals surface area contributed by atoms with Gasteiger partial charge in [-0.15, -0.1) is 0 Å². The van der Waals surface area contributed by atoms with Crippen LogP contribution < -0.4 is 5.32 Å². The van der Waals surface area contributed by atoms with Crippen molar-refractivity contribution in [3.63, 3.8) is 0 Å². The van der Waals surface area contributed by atoms with Gasteiger partial charge in [0.1, 0.15) is 0 Å². The monoisotopic (exact) mass is 450 g/mol. The topological polar surface area (TPSA) is 74.8 Å².